The fourth-order valence-corrected chi connectivity index (χ4v) is 8.63. The molecule has 1 heterocycles. The topological polar surface area (TPSA) is 16.4 Å². The van der Waals surface area contributed by atoms with Crippen molar-refractivity contribution < 1.29 is 4.42 Å². The van der Waals surface area contributed by atoms with Crippen LogP contribution in [0.5, 0.6) is 0 Å². The zero-order valence-electron chi connectivity index (χ0n) is 30.6. The Bertz CT molecular complexity index is 3060. The van der Waals surface area contributed by atoms with E-state index in [2.05, 4.69) is 205 Å². The summed E-state index contributed by atoms with van der Waals surface area (Å²) in [6.07, 6.45) is 0. The molecule has 0 amide bonds. The van der Waals surface area contributed by atoms with E-state index in [1.54, 1.807) is 0 Å². The first-order valence-electron chi connectivity index (χ1n) is 19.2. The van der Waals surface area contributed by atoms with Crippen molar-refractivity contribution in [2.75, 3.05) is 4.90 Å². The molecule has 0 unspecified atom stereocenters. The van der Waals surface area contributed by atoms with E-state index in [1.165, 1.54) is 55.6 Å². The molecule has 0 fully saturated rings. The molecule has 10 aromatic rings. The third-order valence-corrected chi connectivity index (χ3v) is 11.3. The van der Waals surface area contributed by atoms with Crippen LogP contribution in [0.3, 0.4) is 0 Å². The van der Waals surface area contributed by atoms with E-state index < -0.39 is 0 Å². The highest BCUT2D eigenvalue weighted by Gasteiger charge is 2.23. The van der Waals surface area contributed by atoms with Crippen LogP contribution in [0.25, 0.3) is 88.7 Å². The van der Waals surface area contributed by atoms with Crippen molar-refractivity contribution in [1.29, 1.82) is 0 Å². The van der Waals surface area contributed by atoms with Crippen molar-refractivity contribution in [2.45, 2.75) is 0 Å². The van der Waals surface area contributed by atoms with Gasteiger partial charge in [-0.1, -0.05) is 170 Å². The van der Waals surface area contributed by atoms with Crippen LogP contribution in [0.4, 0.5) is 17.1 Å². The van der Waals surface area contributed by atoms with E-state index in [1.807, 2.05) is 12.1 Å². The number of benzene rings is 9. The Morgan fingerprint density at radius 3 is 1.30 bits per heavy atom. The lowest BCUT2D eigenvalue weighted by Gasteiger charge is -2.28. The first-order valence-corrected chi connectivity index (χ1v) is 19.2. The van der Waals surface area contributed by atoms with Gasteiger partial charge in [-0.3, -0.25) is 0 Å². The number of fused-ring (bicyclic) bond motifs is 11. The average Bonchev–Trinajstić information content (AvgIpc) is 3.66. The minimum Gasteiger partial charge on any atom is -0.455 e. The largest absolute Gasteiger partial charge is 0.455 e. The summed E-state index contributed by atoms with van der Waals surface area (Å²) in [6.45, 7) is 0. The lowest BCUT2D eigenvalue weighted by molar-refractivity contribution is 0.670. The van der Waals surface area contributed by atoms with Gasteiger partial charge in [0.2, 0.25) is 0 Å². The summed E-state index contributed by atoms with van der Waals surface area (Å²) >= 11 is 0. The van der Waals surface area contributed by atoms with Gasteiger partial charge in [0, 0.05) is 33.4 Å². The molecule has 1 aromatic heterocycles. The van der Waals surface area contributed by atoms with Crippen LogP contribution in [0, 0.1) is 0 Å². The molecule has 0 saturated carbocycles. The minimum atomic E-state index is 0.906. The van der Waals surface area contributed by atoms with Crippen LogP contribution in [0.1, 0.15) is 0 Å². The Kier molecular flexibility index (Phi) is 7.53. The van der Waals surface area contributed by atoms with Crippen LogP contribution in [0.15, 0.2) is 217 Å². The second kappa shape index (κ2) is 13.2. The third kappa shape index (κ3) is 5.26. The molecule has 56 heavy (non-hydrogen) atoms. The number of para-hydroxylation sites is 2. The number of furan rings is 1. The molecule has 2 heteroatoms. The van der Waals surface area contributed by atoms with Gasteiger partial charge in [-0.25, -0.2) is 0 Å². The molecule has 0 saturated heterocycles. The van der Waals surface area contributed by atoms with Gasteiger partial charge < -0.3 is 9.32 Å². The number of hydrogen-bond acceptors (Lipinski definition) is 2. The molecule has 9 aromatic carbocycles. The Morgan fingerprint density at radius 2 is 0.696 bits per heavy atom. The maximum Gasteiger partial charge on any atom is 0.143 e. The maximum atomic E-state index is 6.44. The molecule has 2 nitrogen and oxygen atoms in total. The lowest BCUT2D eigenvalue weighted by atomic mass is 9.81. The minimum absolute atomic E-state index is 0.906. The Morgan fingerprint density at radius 1 is 0.268 bits per heavy atom. The fraction of sp³-hybridized carbons (Fsp3) is 0. The normalized spacial score (nSPS) is 11.6. The molecule has 11 rings (SSSR count). The predicted octanol–water partition coefficient (Wildman–Crippen LogP) is 15.4. The van der Waals surface area contributed by atoms with Gasteiger partial charge in [-0.05, 0) is 104 Å². The zero-order valence-corrected chi connectivity index (χ0v) is 30.6. The highest BCUT2D eigenvalue weighted by atomic mass is 16.3. The highest BCUT2D eigenvalue weighted by Crippen LogP contribution is 2.49. The molecule has 0 bridgehead atoms. The van der Waals surface area contributed by atoms with Crippen LogP contribution in [0.2, 0.25) is 0 Å². The summed E-state index contributed by atoms with van der Waals surface area (Å²) < 4.78 is 6.44. The quantitative estimate of drug-likeness (QED) is 0.177. The summed E-state index contributed by atoms with van der Waals surface area (Å²) in [5.41, 5.74) is 19.5. The van der Waals surface area contributed by atoms with Crippen molar-refractivity contribution in [3.05, 3.63) is 212 Å². The van der Waals surface area contributed by atoms with E-state index in [0.29, 0.717) is 0 Å². The van der Waals surface area contributed by atoms with Crippen molar-refractivity contribution >= 4 is 39.0 Å². The van der Waals surface area contributed by atoms with Gasteiger partial charge in [0.15, 0.2) is 0 Å². The van der Waals surface area contributed by atoms with Crippen LogP contribution in [-0.4, -0.2) is 0 Å². The highest BCUT2D eigenvalue weighted by molar-refractivity contribution is 6.10. The third-order valence-electron chi connectivity index (χ3n) is 11.3. The second-order valence-corrected chi connectivity index (χ2v) is 14.4. The first kappa shape index (κ1) is 32.0. The van der Waals surface area contributed by atoms with Crippen molar-refractivity contribution in [3.8, 4) is 66.8 Å². The average molecular weight is 714 g/mol. The molecule has 1 aliphatic carbocycles. The smallest absolute Gasteiger partial charge is 0.143 e. The lowest BCUT2D eigenvalue weighted by Crippen LogP contribution is -2.10. The van der Waals surface area contributed by atoms with Gasteiger partial charge in [0.25, 0.3) is 0 Å². The number of anilines is 3. The van der Waals surface area contributed by atoms with Crippen LogP contribution in [-0.2, 0) is 0 Å². The summed E-state index contributed by atoms with van der Waals surface area (Å²) in [7, 11) is 0. The molecular weight excluding hydrogens is 679 g/mol. The first-order chi connectivity index (χ1) is 27.8. The molecular formula is C54H35NO. The molecule has 0 spiro atoms. The van der Waals surface area contributed by atoms with Crippen molar-refractivity contribution in [1.82, 2.24) is 0 Å². The number of hydrogen-bond donors (Lipinski definition) is 0. The summed E-state index contributed by atoms with van der Waals surface area (Å²) in [5, 5.41) is 2.27. The van der Waals surface area contributed by atoms with E-state index >= 15 is 0 Å². The zero-order chi connectivity index (χ0) is 37.0. The van der Waals surface area contributed by atoms with Crippen LogP contribution >= 0.6 is 0 Å². The molecule has 0 radical (unpaired) electrons. The van der Waals surface area contributed by atoms with Gasteiger partial charge in [-0.15, -0.1) is 0 Å². The number of nitrogens with zero attached hydrogens (tertiary/aromatic N) is 1. The van der Waals surface area contributed by atoms with E-state index in [-0.39, 0.29) is 0 Å². The molecule has 0 aliphatic heterocycles. The SMILES string of the molecule is c1ccc(-c2ccc(N(c3ccc(-c4cccc5c4oc4ccccc45)cc3)c3ccc4c(c3)-c3ccccc3-c3ccccc3-c3ccccc3-4)cc2)cc1. The van der Waals surface area contributed by atoms with Crippen molar-refractivity contribution in [3.63, 3.8) is 0 Å². The summed E-state index contributed by atoms with van der Waals surface area (Å²) in [6, 6.07) is 76.6. The molecule has 0 N–H and O–H groups in total. The molecule has 262 valence electrons. The van der Waals surface area contributed by atoms with Gasteiger partial charge in [0.05, 0.1) is 0 Å². The van der Waals surface area contributed by atoms with Crippen molar-refractivity contribution in [2.24, 2.45) is 0 Å². The standard InChI is InChI=1S/C54H35NO/c1-2-13-36(14-3-1)37-25-29-39(30-26-37)55(40-31-27-38(28-32-40)42-22-12-23-51-50-21-10-11-24-53(50)56-54(42)51)41-33-34-49-47-19-7-6-17-45(47)43-15-4-5-16-44(43)46-18-8-9-20-48(46)52(49)35-41/h1-35H. The maximum absolute atomic E-state index is 6.44. The number of rotatable bonds is 5. The van der Waals surface area contributed by atoms with E-state index in [4.69, 9.17) is 4.42 Å². The second-order valence-electron chi connectivity index (χ2n) is 14.4. The Hall–Kier alpha value is -7.42. The van der Waals surface area contributed by atoms with E-state index in [0.717, 1.165) is 50.1 Å². The monoisotopic (exact) mass is 713 g/mol. The Labute approximate surface area is 326 Å². The summed E-state index contributed by atoms with van der Waals surface area (Å²) in [5.74, 6) is 0. The van der Waals surface area contributed by atoms with Gasteiger partial charge in [-0.2, -0.15) is 0 Å². The summed E-state index contributed by atoms with van der Waals surface area (Å²) in [4.78, 5) is 2.38. The van der Waals surface area contributed by atoms with Crippen LogP contribution < -0.4 is 4.90 Å². The Balaban J connectivity index is 1.09. The fourth-order valence-electron chi connectivity index (χ4n) is 8.63. The molecule has 0 atom stereocenters. The van der Waals surface area contributed by atoms with Gasteiger partial charge >= 0.3 is 0 Å². The van der Waals surface area contributed by atoms with E-state index in [9.17, 15) is 0 Å². The molecule has 1 aliphatic rings. The van der Waals surface area contributed by atoms with Gasteiger partial charge in [0.1, 0.15) is 11.2 Å². The predicted molar refractivity (Wildman–Crippen MR) is 235 cm³/mol.